The predicted octanol–water partition coefficient (Wildman–Crippen LogP) is 2.29. The zero-order valence-electron chi connectivity index (χ0n) is 19.4. The molecule has 0 saturated carbocycles. The lowest BCUT2D eigenvalue weighted by Gasteiger charge is -2.42. The van der Waals surface area contributed by atoms with Gasteiger partial charge in [-0.1, -0.05) is 36.4 Å². The van der Waals surface area contributed by atoms with Gasteiger partial charge >= 0.3 is 5.97 Å². The molecular weight excluding hydrogens is 434 g/mol. The number of likely N-dealkylation sites (N-methyl/N-ethyl adjacent to an activating group) is 1. The zero-order valence-corrected chi connectivity index (χ0v) is 19.4. The van der Waals surface area contributed by atoms with Crippen LogP contribution in [0.5, 0.6) is 0 Å². The highest BCUT2D eigenvalue weighted by atomic mass is 16.5. The smallest absolute Gasteiger partial charge is 0.349 e. The predicted molar refractivity (Wildman–Crippen MR) is 127 cm³/mol. The molecule has 0 aromatic heterocycles. The van der Waals surface area contributed by atoms with Gasteiger partial charge in [-0.3, -0.25) is 9.59 Å². The van der Waals surface area contributed by atoms with Gasteiger partial charge in [-0.15, -0.1) is 0 Å². The summed E-state index contributed by atoms with van der Waals surface area (Å²) < 4.78 is 5.34. The van der Waals surface area contributed by atoms with E-state index >= 15 is 0 Å². The molecule has 4 atom stereocenters. The van der Waals surface area contributed by atoms with Gasteiger partial charge < -0.3 is 4.74 Å². The Kier molecular flexibility index (Phi) is 5.09. The van der Waals surface area contributed by atoms with E-state index in [1.807, 2.05) is 65.6 Å². The number of esters is 1. The van der Waals surface area contributed by atoms with Crippen molar-refractivity contribution in [2.75, 3.05) is 24.2 Å². The third-order valence-corrected chi connectivity index (χ3v) is 6.88. The Morgan fingerprint density at radius 2 is 1.41 bits per heavy atom. The molecule has 0 bridgehead atoms. The lowest BCUT2D eigenvalue weighted by molar-refractivity contribution is -0.154. The van der Waals surface area contributed by atoms with Gasteiger partial charge in [-0.25, -0.2) is 19.7 Å². The van der Waals surface area contributed by atoms with E-state index in [0.29, 0.717) is 11.4 Å². The van der Waals surface area contributed by atoms with Crippen molar-refractivity contribution in [1.82, 2.24) is 4.90 Å². The van der Waals surface area contributed by atoms with E-state index in [9.17, 15) is 14.4 Å². The molecule has 1 fully saturated rings. The number of carbonyl (C=O) groups is 3. The molecule has 0 unspecified atom stereocenters. The number of fused-ring (bicyclic) bond motifs is 3. The van der Waals surface area contributed by atoms with Crippen molar-refractivity contribution >= 4 is 40.3 Å². The highest BCUT2D eigenvalue weighted by molar-refractivity contribution is 6.46. The molecule has 0 N–H and O–H groups in total. The molecule has 1 saturated heterocycles. The molecule has 0 amide bonds. The van der Waals surface area contributed by atoms with Crippen LogP contribution in [-0.2, 0) is 19.1 Å². The van der Waals surface area contributed by atoms with Crippen LogP contribution in [0.4, 0.5) is 11.4 Å². The first-order valence-corrected chi connectivity index (χ1v) is 11.0. The molecule has 174 valence electrons. The average Bonchev–Trinajstić information content (AvgIpc) is 3.48. The fourth-order valence-electron chi connectivity index (χ4n) is 5.55. The van der Waals surface area contributed by atoms with Crippen LogP contribution in [0, 0.1) is 11.8 Å². The number of para-hydroxylation sites is 2. The van der Waals surface area contributed by atoms with Crippen LogP contribution < -0.4 is 10.0 Å². The number of hydrazone groups is 2. The summed E-state index contributed by atoms with van der Waals surface area (Å²) >= 11 is 0. The van der Waals surface area contributed by atoms with Gasteiger partial charge in [0.25, 0.3) is 0 Å². The number of rotatable bonds is 5. The number of likely N-dealkylation sites (tertiary alicyclic amines) is 1. The number of nitrogens with zero attached hydrogens (tertiary/aromatic N) is 5. The molecule has 3 heterocycles. The number of hydrogen-bond acceptors (Lipinski definition) is 9. The molecule has 2 aromatic rings. The number of Topliss-reactive ketones (excluding diaryl/α,β-unsaturated/α-hetero) is 2. The number of carbonyl (C=O) groups excluding carboxylic acids is 3. The van der Waals surface area contributed by atoms with Crippen molar-refractivity contribution in [3.05, 3.63) is 60.7 Å². The lowest BCUT2D eigenvalue weighted by atomic mass is 9.77. The summed E-state index contributed by atoms with van der Waals surface area (Å²) in [6.45, 7) is 2.88. The first kappa shape index (κ1) is 22.0. The van der Waals surface area contributed by atoms with Gasteiger partial charge in [0.1, 0.15) is 17.6 Å². The minimum absolute atomic E-state index is 0.219. The van der Waals surface area contributed by atoms with Gasteiger partial charge in [-0.05, 0) is 31.3 Å². The van der Waals surface area contributed by atoms with E-state index in [2.05, 4.69) is 10.2 Å². The summed E-state index contributed by atoms with van der Waals surface area (Å²) in [6, 6.07) is 18.6. The lowest BCUT2D eigenvalue weighted by Crippen LogP contribution is -2.64. The highest BCUT2D eigenvalue weighted by Gasteiger charge is 2.74. The quantitative estimate of drug-likeness (QED) is 0.633. The Morgan fingerprint density at radius 3 is 1.94 bits per heavy atom. The summed E-state index contributed by atoms with van der Waals surface area (Å²) in [4.78, 5) is 41.2. The Labute approximate surface area is 197 Å². The normalized spacial score (nSPS) is 27.7. The fraction of sp³-hybridized carbons (Fsp3) is 0.320. The van der Waals surface area contributed by atoms with E-state index in [0.717, 1.165) is 5.69 Å². The number of ether oxygens (including phenoxy) is 1. The summed E-state index contributed by atoms with van der Waals surface area (Å²) in [5.41, 5.74) is 0.454. The number of methoxy groups -OCH3 is 1. The van der Waals surface area contributed by atoms with E-state index in [-0.39, 0.29) is 17.3 Å². The maximum Gasteiger partial charge on any atom is 0.349 e. The Balaban J connectivity index is 1.77. The third kappa shape index (κ3) is 2.80. The number of hydrogen-bond donors (Lipinski definition) is 0. The van der Waals surface area contributed by atoms with Crippen molar-refractivity contribution in [2.45, 2.75) is 25.7 Å². The van der Waals surface area contributed by atoms with E-state index in [4.69, 9.17) is 4.74 Å². The van der Waals surface area contributed by atoms with E-state index < -0.39 is 29.6 Å². The van der Waals surface area contributed by atoms with Crippen molar-refractivity contribution in [3.63, 3.8) is 0 Å². The van der Waals surface area contributed by atoms with Gasteiger partial charge in [0, 0.05) is 13.8 Å². The van der Waals surface area contributed by atoms with Crippen LogP contribution in [0.2, 0.25) is 0 Å². The summed E-state index contributed by atoms with van der Waals surface area (Å²) in [7, 11) is 3.11. The first-order valence-electron chi connectivity index (χ1n) is 11.0. The van der Waals surface area contributed by atoms with Gasteiger partial charge in [0.2, 0.25) is 5.66 Å². The van der Waals surface area contributed by atoms with Crippen molar-refractivity contribution in [3.8, 4) is 0 Å². The maximum atomic E-state index is 13.7. The molecular formula is C25H25N5O4. The molecule has 9 heteroatoms. The molecule has 3 aliphatic heterocycles. The summed E-state index contributed by atoms with van der Waals surface area (Å²) in [5, 5.41) is 12.7. The molecule has 3 aliphatic rings. The Hall–Kier alpha value is -3.85. The maximum absolute atomic E-state index is 13.7. The standard InChI is InChI=1S/C25H25N5O4/c1-15(31)21-19-20-22(16(2)32)27-30(18-13-9-6-10-14-18)25(20,24(33)34-4)28(3)23(19)29(26-21)17-11-7-5-8-12-17/h5-14,19-20,23H,1-4H3/t19-,20-,23+,25-/m1/s1. The second-order valence-electron chi connectivity index (χ2n) is 8.66. The van der Waals surface area contributed by atoms with Crippen molar-refractivity contribution < 1.29 is 19.1 Å². The highest BCUT2D eigenvalue weighted by Crippen LogP contribution is 2.55. The topological polar surface area (TPSA) is 94.9 Å². The molecule has 5 rings (SSSR count). The van der Waals surface area contributed by atoms with Crippen LogP contribution >= 0.6 is 0 Å². The van der Waals surface area contributed by atoms with Crippen LogP contribution in [0.15, 0.2) is 70.9 Å². The average molecular weight is 460 g/mol. The minimum atomic E-state index is -1.48. The zero-order chi connectivity index (χ0) is 24.2. The number of benzene rings is 2. The summed E-state index contributed by atoms with van der Waals surface area (Å²) in [5.74, 6) is -2.38. The first-order chi connectivity index (χ1) is 16.3. The van der Waals surface area contributed by atoms with Crippen LogP contribution in [0.1, 0.15) is 13.8 Å². The van der Waals surface area contributed by atoms with Crippen LogP contribution in [0.3, 0.4) is 0 Å². The van der Waals surface area contributed by atoms with E-state index in [1.54, 1.807) is 17.1 Å². The molecule has 9 nitrogen and oxygen atoms in total. The van der Waals surface area contributed by atoms with Gasteiger partial charge in [0.05, 0.1) is 30.3 Å². The SMILES string of the molecule is COC(=O)[C@@]12[C@@H](C(C(C)=O)=NN1c1ccccc1)[C@@H]1C(C(C)=O)=NN(c3ccccc3)[C@@H]1N2C. The molecule has 0 radical (unpaired) electrons. The van der Waals surface area contributed by atoms with Crippen molar-refractivity contribution in [1.29, 1.82) is 0 Å². The van der Waals surface area contributed by atoms with E-state index in [1.165, 1.54) is 21.0 Å². The monoisotopic (exact) mass is 459 g/mol. The van der Waals surface area contributed by atoms with Crippen LogP contribution in [-0.4, -0.2) is 59.8 Å². The molecule has 34 heavy (non-hydrogen) atoms. The number of ketones is 2. The fourth-order valence-corrected chi connectivity index (χ4v) is 5.55. The largest absolute Gasteiger partial charge is 0.466 e. The second kappa shape index (κ2) is 7.88. The summed E-state index contributed by atoms with van der Waals surface area (Å²) in [6.07, 6.45) is -0.513. The molecule has 0 aliphatic carbocycles. The third-order valence-electron chi connectivity index (χ3n) is 6.88. The van der Waals surface area contributed by atoms with Crippen molar-refractivity contribution in [2.24, 2.45) is 22.0 Å². The molecule has 0 spiro atoms. The second-order valence-corrected chi connectivity index (χ2v) is 8.66. The Bertz CT molecular complexity index is 1230. The van der Waals surface area contributed by atoms with Gasteiger partial charge in [-0.2, -0.15) is 10.2 Å². The number of anilines is 2. The van der Waals surface area contributed by atoms with Gasteiger partial charge in [0.15, 0.2) is 11.6 Å². The molecule has 2 aromatic carbocycles. The Morgan fingerprint density at radius 1 is 0.853 bits per heavy atom. The minimum Gasteiger partial charge on any atom is -0.466 e. The van der Waals surface area contributed by atoms with Crippen LogP contribution in [0.25, 0.3) is 0 Å².